The fourth-order valence-electron chi connectivity index (χ4n) is 0.715. The van der Waals surface area contributed by atoms with Crippen molar-refractivity contribution in [1.82, 2.24) is 5.43 Å². The van der Waals surface area contributed by atoms with Crippen LogP contribution < -0.4 is 16.6 Å². The number of rotatable bonds is 2. The molecule has 70 valence electrons. The first-order valence-corrected chi connectivity index (χ1v) is 4.16. The average molecular weight is 219 g/mol. The third-order valence-corrected chi connectivity index (χ3v) is 1.80. The Morgan fingerprint density at radius 1 is 1.38 bits per heavy atom. The zero-order valence-corrected chi connectivity index (χ0v) is 8.10. The Labute approximate surface area is 85.8 Å². The molecular weight excluding hydrogens is 211 g/mol. The van der Waals surface area contributed by atoms with Gasteiger partial charge in [0.2, 0.25) is 5.96 Å². The lowest BCUT2D eigenvalue weighted by atomic mass is 10.3. The predicted octanol–water partition coefficient (Wildman–Crippen LogP) is 1.72. The largest absolute Gasteiger partial charge is 0.367 e. The molecule has 1 aromatic carbocycles. The molecular formula is C7H8Cl2N4. The van der Waals surface area contributed by atoms with Gasteiger partial charge in [-0.2, -0.15) is 0 Å². The summed E-state index contributed by atoms with van der Waals surface area (Å²) >= 11 is 10.9. The number of hydrogen-bond donors (Lipinski definition) is 3. The Morgan fingerprint density at radius 3 is 2.69 bits per heavy atom. The van der Waals surface area contributed by atoms with Crippen molar-refractivity contribution in [3.8, 4) is 0 Å². The monoisotopic (exact) mass is 218 g/mol. The Hall–Kier alpha value is -1.13. The normalized spacial score (nSPS) is 11.1. The lowest BCUT2D eigenvalue weighted by Gasteiger charge is -2.08. The van der Waals surface area contributed by atoms with Crippen molar-refractivity contribution < 1.29 is 0 Å². The smallest absolute Gasteiger partial charge is 0.225 e. The molecule has 4 N–H and O–H groups in total. The van der Waals surface area contributed by atoms with Gasteiger partial charge in [0.1, 0.15) is 0 Å². The Kier molecular flexibility index (Phi) is 3.67. The summed E-state index contributed by atoms with van der Waals surface area (Å²) in [5.74, 6) is 0.0709. The summed E-state index contributed by atoms with van der Waals surface area (Å²) in [6.45, 7) is 0. The van der Waals surface area contributed by atoms with Gasteiger partial charge in [0.25, 0.3) is 0 Å². The predicted molar refractivity (Wildman–Crippen MR) is 55.7 cm³/mol. The van der Waals surface area contributed by atoms with Crippen LogP contribution in [0, 0.1) is 0 Å². The molecule has 0 atom stereocenters. The van der Waals surface area contributed by atoms with Gasteiger partial charge < -0.3 is 5.73 Å². The number of guanidine groups is 1. The number of hydrazine groups is 1. The van der Waals surface area contributed by atoms with Crippen LogP contribution in [-0.4, -0.2) is 5.96 Å². The van der Waals surface area contributed by atoms with Crippen LogP contribution in [-0.2, 0) is 0 Å². The van der Waals surface area contributed by atoms with E-state index in [2.05, 4.69) is 15.4 Å². The molecule has 0 saturated heterocycles. The second-order valence-electron chi connectivity index (χ2n) is 2.20. The molecule has 0 aromatic heterocycles. The first-order valence-electron chi connectivity index (χ1n) is 3.45. The molecule has 1 rings (SSSR count). The van der Waals surface area contributed by atoms with Crippen LogP contribution in [0.25, 0.3) is 0 Å². The Morgan fingerprint density at radius 2 is 2.08 bits per heavy atom. The number of para-hydroxylation sites is 1. The fourth-order valence-corrected chi connectivity index (χ4v) is 0.940. The summed E-state index contributed by atoms with van der Waals surface area (Å²) in [6.07, 6.45) is 0. The van der Waals surface area contributed by atoms with Gasteiger partial charge in [-0.15, -0.1) is 4.51 Å². The molecule has 0 spiro atoms. The minimum absolute atomic E-state index is 0.0709. The number of benzene rings is 1. The van der Waals surface area contributed by atoms with Crippen LogP contribution in [0.2, 0.25) is 5.02 Å². The highest BCUT2D eigenvalue weighted by molar-refractivity contribution is 6.33. The zero-order valence-electron chi connectivity index (χ0n) is 6.59. The van der Waals surface area contributed by atoms with Crippen LogP contribution in [0.15, 0.2) is 28.8 Å². The lowest BCUT2D eigenvalue weighted by Crippen LogP contribution is -2.35. The first kappa shape index (κ1) is 9.95. The summed E-state index contributed by atoms with van der Waals surface area (Å²) < 4.78 is 3.18. The highest BCUT2D eigenvalue weighted by atomic mass is 35.5. The quantitative estimate of drug-likeness (QED) is 0.403. The molecule has 0 unspecified atom stereocenters. The van der Waals surface area contributed by atoms with E-state index >= 15 is 0 Å². The van der Waals surface area contributed by atoms with E-state index in [0.29, 0.717) is 10.7 Å². The minimum atomic E-state index is 0.0709. The summed E-state index contributed by atoms with van der Waals surface area (Å²) in [6, 6.07) is 7.20. The van der Waals surface area contributed by atoms with E-state index in [4.69, 9.17) is 29.1 Å². The van der Waals surface area contributed by atoms with E-state index < -0.39 is 0 Å². The molecule has 0 aliphatic rings. The van der Waals surface area contributed by atoms with Crippen molar-refractivity contribution in [3.05, 3.63) is 29.3 Å². The topological polar surface area (TPSA) is 62.4 Å². The average Bonchev–Trinajstić information content (AvgIpc) is 2.16. The van der Waals surface area contributed by atoms with E-state index in [1.807, 2.05) is 12.1 Å². The van der Waals surface area contributed by atoms with Crippen molar-refractivity contribution in [3.63, 3.8) is 0 Å². The highest BCUT2D eigenvalue weighted by Gasteiger charge is 1.96. The van der Waals surface area contributed by atoms with Crippen LogP contribution in [0.1, 0.15) is 0 Å². The maximum atomic E-state index is 5.83. The van der Waals surface area contributed by atoms with Gasteiger partial charge in [-0.05, 0) is 12.1 Å². The summed E-state index contributed by atoms with van der Waals surface area (Å²) in [4.78, 5) is 0. The maximum Gasteiger partial charge on any atom is 0.225 e. The molecule has 6 heteroatoms. The van der Waals surface area contributed by atoms with E-state index in [1.54, 1.807) is 12.1 Å². The standard InChI is InChI=1S/C7H8Cl2N4/c8-5-3-1-2-4-6(5)12-13-7(10)11-9/h1-4,12H,(H3,10,11,13). The van der Waals surface area contributed by atoms with Crippen LogP contribution >= 0.6 is 23.4 Å². The van der Waals surface area contributed by atoms with Crippen molar-refractivity contribution >= 4 is 35.0 Å². The summed E-state index contributed by atoms with van der Waals surface area (Å²) in [5.41, 5.74) is 11.3. The molecule has 0 fully saturated rings. The van der Waals surface area contributed by atoms with Crippen LogP contribution in [0.4, 0.5) is 5.69 Å². The van der Waals surface area contributed by atoms with Gasteiger partial charge in [-0.1, -0.05) is 23.7 Å². The fraction of sp³-hybridized carbons (Fsp3) is 0. The molecule has 0 heterocycles. The second-order valence-corrected chi connectivity index (χ2v) is 2.78. The minimum Gasteiger partial charge on any atom is -0.367 e. The number of nitrogens with two attached hydrogens (primary N) is 1. The molecule has 0 aliphatic heterocycles. The Balaban J connectivity index is 2.60. The molecule has 0 saturated carbocycles. The summed E-state index contributed by atoms with van der Waals surface area (Å²) in [5, 5.41) is 0.581. The zero-order chi connectivity index (χ0) is 9.68. The molecule has 0 aliphatic carbocycles. The van der Waals surface area contributed by atoms with Gasteiger partial charge >= 0.3 is 0 Å². The van der Waals surface area contributed by atoms with Crippen molar-refractivity contribution in [2.75, 3.05) is 5.43 Å². The van der Waals surface area contributed by atoms with Crippen molar-refractivity contribution in [2.45, 2.75) is 0 Å². The van der Waals surface area contributed by atoms with Gasteiger partial charge in [-0.25, -0.2) is 0 Å². The van der Waals surface area contributed by atoms with E-state index in [0.717, 1.165) is 0 Å². The maximum absolute atomic E-state index is 5.83. The molecule has 0 radical (unpaired) electrons. The SMILES string of the molecule is NC(=NCl)NNc1ccccc1Cl. The molecule has 4 nitrogen and oxygen atoms in total. The van der Waals surface area contributed by atoms with Gasteiger partial charge in [-0.3, -0.25) is 10.9 Å². The number of hydrogen-bond acceptors (Lipinski definition) is 2. The van der Waals surface area contributed by atoms with Gasteiger partial charge in [0, 0.05) is 11.8 Å². The van der Waals surface area contributed by atoms with E-state index in [9.17, 15) is 0 Å². The molecule has 0 bridgehead atoms. The van der Waals surface area contributed by atoms with Crippen molar-refractivity contribution in [1.29, 1.82) is 0 Å². The third-order valence-electron chi connectivity index (χ3n) is 1.29. The lowest BCUT2D eigenvalue weighted by molar-refractivity contribution is 1.10. The second kappa shape index (κ2) is 4.79. The number of anilines is 1. The molecule has 13 heavy (non-hydrogen) atoms. The summed E-state index contributed by atoms with van der Waals surface area (Å²) in [7, 11) is 0. The van der Waals surface area contributed by atoms with E-state index in [-0.39, 0.29) is 5.96 Å². The molecule has 0 amide bonds. The Bertz CT molecular complexity index is 313. The van der Waals surface area contributed by atoms with Crippen LogP contribution in [0.5, 0.6) is 0 Å². The van der Waals surface area contributed by atoms with E-state index in [1.165, 1.54) is 0 Å². The van der Waals surface area contributed by atoms with Gasteiger partial charge in [0.15, 0.2) is 0 Å². The number of nitrogens with one attached hydrogen (secondary N) is 2. The first-order chi connectivity index (χ1) is 6.24. The molecule has 1 aromatic rings. The highest BCUT2D eigenvalue weighted by Crippen LogP contribution is 2.18. The van der Waals surface area contributed by atoms with Crippen LogP contribution in [0.3, 0.4) is 0 Å². The van der Waals surface area contributed by atoms with Crippen molar-refractivity contribution in [2.24, 2.45) is 10.2 Å². The third kappa shape index (κ3) is 3.01. The number of nitrogens with zero attached hydrogens (tertiary/aromatic N) is 1. The number of halogens is 2. The van der Waals surface area contributed by atoms with Gasteiger partial charge in [0.05, 0.1) is 10.7 Å².